The highest BCUT2D eigenvalue weighted by atomic mass is 16.3. The summed E-state index contributed by atoms with van der Waals surface area (Å²) in [7, 11) is 0. The van der Waals surface area contributed by atoms with Gasteiger partial charge in [-0.25, -0.2) is 9.98 Å². The standard InChI is InChI=1S/C54H34N2O2/c57-47-31-27-35-15-3-7-19-39(35)51(47)49-37-17-5-1-13-33(37)25-29-45(49)55-53-43-23-11-9-21-41(43)42-22-10-12-24-44(42)54(53)56-46-30-26-34-14-2-6-18-38(34)50(46)52-40-20-8-4-16-36(40)28-32-48(52)58/h1-32,57-58H. The van der Waals surface area contributed by atoms with E-state index in [0.29, 0.717) is 22.8 Å². The van der Waals surface area contributed by atoms with E-state index in [2.05, 4.69) is 109 Å². The van der Waals surface area contributed by atoms with E-state index in [1.165, 1.54) is 0 Å². The van der Waals surface area contributed by atoms with Crippen LogP contribution in [-0.2, 0) is 0 Å². The summed E-state index contributed by atoms with van der Waals surface area (Å²) in [5.74, 6) is 0.381. The van der Waals surface area contributed by atoms with Gasteiger partial charge in [0, 0.05) is 33.4 Å². The number of phenolic OH excluding ortho intramolecular Hbond substituents is 2. The Labute approximate surface area is 335 Å². The smallest absolute Gasteiger partial charge is 0.124 e. The largest absolute Gasteiger partial charge is 0.507 e. The van der Waals surface area contributed by atoms with Crippen molar-refractivity contribution in [3.63, 3.8) is 0 Å². The van der Waals surface area contributed by atoms with E-state index >= 15 is 0 Å². The van der Waals surface area contributed by atoms with Crippen LogP contribution in [0.15, 0.2) is 204 Å². The SMILES string of the molecule is Oc1ccc2ccccc2c1-c1c(N=C2C(=Nc3ccc4ccccc4c3-c3c(O)ccc4ccccc34)c3ccccc3-c3ccccc32)ccc2ccccc12. The Morgan fingerprint density at radius 2 is 0.552 bits per heavy atom. The molecular weight excluding hydrogens is 709 g/mol. The molecule has 0 saturated heterocycles. The lowest BCUT2D eigenvalue weighted by Gasteiger charge is -2.25. The van der Waals surface area contributed by atoms with Crippen LogP contribution in [0.5, 0.6) is 11.5 Å². The number of nitrogens with zero attached hydrogens (tertiary/aromatic N) is 2. The summed E-state index contributed by atoms with van der Waals surface area (Å²) in [5.41, 5.74) is 10.1. The number of aliphatic imine (C=N–C) groups is 2. The second kappa shape index (κ2) is 13.4. The molecule has 10 aromatic carbocycles. The molecule has 4 heteroatoms. The molecule has 10 aromatic rings. The first-order valence-corrected chi connectivity index (χ1v) is 19.4. The van der Waals surface area contributed by atoms with Gasteiger partial charge in [-0.3, -0.25) is 0 Å². The summed E-state index contributed by atoms with van der Waals surface area (Å²) in [6.45, 7) is 0. The van der Waals surface area contributed by atoms with Crippen molar-refractivity contribution < 1.29 is 10.2 Å². The van der Waals surface area contributed by atoms with Crippen molar-refractivity contribution in [2.75, 3.05) is 0 Å². The summed E-state index contributed by atoms with van der Waals surface area (Å²) in [6.07, 6.45) is 0. The van der Waals surface area contributed by atoms with Crippen LogP contribution < -0.4 is 0 Å². The molecule has 0 bridgehead atoms. The zero-order chi connectivity index (χ0) is 38.7. The minimum Gasteiger partial charge on any atom is -0.507 e. The van der Waals surface area contributed by atoms with Crippen molar-refractivity contribution in [3.8, 4) is 44.9 Å². The van der Waals surface area contributed by atoms with Gasteiger partial charge in [-0.15, -0.1) is 0 Å². The third kappa shape index (κ3) is 5.31. The highest BCUT2D eigenvalue weighted by Gasteiger charge is 2.29. The second-order valence-corrected chi connectivity index (χ2v) is 14.7. The normalized spacial score (nSPS) is 13.7. The molecule has 0 radical (unpaired) electrons. The highest BCUT2D eigenvalue weighted by Crippen LogP contribution is 2.48. The van der Waals surface area contributed by atoms with Crippen molar-refractivity contribution >= 4 is 65.9 Å². The Hall–Kier alpha value is -7.82. The van der Waals surface area contributed by atoms with Gasteiger partial charge in [0.1, 0.15) is 11.5 Å². The molecule has 2 N–H and O–H groups in total. The molecule has 0 heterocycles. The third-order valence-electron chi connectivity index (χ3n) is 11.5. The predicted molar refractivity (Wildman–Crippen MR) is 241 cm³/mol. The Bertz CT molecular complexity index is 3150. The maximum Gasteiger partial charge on any atom is 0.124 e. The molecule has 11 rings (SSSR count). The fourth-order valence-corrected chi connectivity index (χ4v) is 8.85. The first-order valence-electron chi connectivity index (χ1n) is 19.4. The average Bonchev–Trinajstić information content (AvgIpc) is 3.28. The Morgan fingerprint density at radius 1 is 0.259 bits per heavy atom. The van der Waals surface area contributed by atoms with Crippen molar-refractivity contribution in [1.82, 2.24) is 0 Å². The van der Waals surface area contributed by atoms with E-state index in [9.17, 15) is 10.2 Å². The molecule has 0 atom stereocenters. The van der Waals surface area contributed by atoms with Gasteiger partial charge in [0.25, 0.3) is 0 Å². The first-order chi connectivity index (χ1) is 28.6. The Morgan fingerprint density at radius 3 is 0.931 bits per heavy atom. The summed E-state index contributed by atoms with van der Waals surface area (Å²) in [6, 6.07) is 65.4. The molecule has 1 aliphatic rings. The summed E-state index contributed by atoms with van der Waals surface area (Å²) in [4.78, 5) is 11.3. The second-order valence-electron chi connectivity index (χ2n) is 14.7. The lowest BCUT2D eigenvalue weighted by atomic mass is 9.82. The van der Waals surface area contributed by atoms with Gasteiger partial charge < -0.3 is 10.2 Å². The van der Waals surface area contributed by atoms with Crippen molar-refractivity contribution in [2.24, 2.45) is 9.98 Å². The molecule has 0 unspecified atom stereocenters. The minimum atomic E-state index is 0.190. The number of hydrogen-bond acceptors (Lipinski definition) is 4. The maximum atomic E-state index is 11.7. The van der Waals surface area contributed by atoms with Crippen molar-refractivity contribution in [1.29, 1.82) is 0 Å². The average molecular weight is 743 g/mol. The maximum absolute atomic E-state index is 11.7. The van der Waals surface area contributed by atoms with Crippen LogP contribution in [0.4, 0.5) is 11.4 Å². The van der Waals surface area contributed by atoms with Crippen LogP contribution in [0.2, 0.25) is 0 Å². The molecule has 4 nitrogen and oxygen atoms in total. The lowest BCUT2D eigenvalue weighted by Crippen LogP contribution is -2.23. The van der Waals surface area contributed by atoms with E-state index in [4.69, 9.17) is 9.98 Å². The first kappa shape index (κ1) is 33.5. The van der Waals surface area contributed by atoms with Gasteiger partial charge in [-0.1, -0.05) is 170 Å². The van der Waals surface area contributed by atoms with E-state index < -0.39 is 0 Å². The van der Waals surface area contributed by atoms with Crippen molar-refractivity contribution in [3.05, 3.63) is 205 Å². The third-order valence-corrected chi connectivity index (χ3v) is 11.5. The van der Waals surface area contributed by atoms with E-state index in [-0.39, 0.29) is 11.5 Å². The number of aromatic hydroxyl groups is 2. The molecule has 0 aliphatic heterocycles. The van der Waals surface area contributed by atoms with Gasteiger partial charge in [0.15, 0.2) is 0 Å². The number of benzene rings is 10. The van der Waals surface area contributed by atoms with Crippen LogP contribution >= 0.6 is 0 Å². The van der Waals surface area contributed by atoms with Crippen LogP contribution in [0.25, 0.3) is 76.5 Å². The predicted octanol–water partition coefficient (Wildman–Crippen LogP) is 14.0. The van der Waals surface area contributed by atoms with Gasteiger partial charge in [-0.2, -0.15) is 0 Å². The molecule has 0 fully saturated rings. The van der Waals surface area contributed by atoms with E-state index in [1.807, 2.05) is 72.8 Å². The Balaban J connectivity index is 1.26. The molecule has 1 aliphatic carbocycles. The fraction of sp³-hybridized carbons (Fsp3) is 0. The zero-order valence-electron chi connectivity index (χ0n) is 31.3. The quantitative estimate of drug-likeness (QED) is 0.189. The molecule has 0 aromatic heterocycles. The summed E-state index contributed by atoms with van der Waals surface area (Å²) >= 11 is 0. The number of phenols is 2. The fourth-order valence-electron chi connectivity index (χ4n) is 8.85. The molecule has 0 saturated carbocycles. The van der Waals surface area contributed by atoms with Crippen LogP contribution in [0.3, 0.4) is 0 Å². The molecule has 0 spiro atoms. The van der Waals surface area contributed by atoms with Crippen LogP contribution in [0.1, 0.15) is 11.1 Å². The molecule has 58 heavy (non-hydrogen) atoms. The van der Waals surface area contributed by atoms with Gasteiger partial charge in [0.2, 0.25) is 0 Å². The summed E-state index contributed by atoms with van der Waals surface area (Å²) < 4.78 is 0. The summed E-state index contributed by atoms with van der Waals surface area (Å²) in [5, 5.41) is 31.5. The van der Waals surface area contributed by atoms with Crippen molar-refractivity contribution in [2.45, 2.75) is 0 Å². The van der Waals surface area contributed by atoms with Crippen LogP contribution in [-0.4, -0.2) is 21.6 Å². The molecular formula is C54H34N2O2. The van der Waals surface area contributed by atoms with Crippen LogP contribution in [0, 0.1) is 0 Å². The number of fused-ring (bicyclic) bond motifs is 7. The topological polar surface area (TPSA) is 65.2 Å². The van der Waals surface area contributed by atoms with Gasteiger partial charge >= 0.3 is 0 Å². The zero-order valence-corrected chi connectivity index (χ0v) is 31.3. The minimum absolute atomic E-state index is 0.190. The number of hydrogen-bond donors (Lipinski definition) is 2. The van der Waals surface area contributed by atoms with Gasteiger partial charge in [-0.05, 0) is 78.5 Å². The number of rotatable bonds is 4. The van der Waals surface area contributed by atoms with Gasteiger partial charge in [0.05, 0.1) is 22.8 Å². The highest BCUT2D eigenvalue weighted by molar-refractivity contribution is 6.57. The Kier molecular flexibility index (Phi) is 7.76. The molecule has 272 valence electrons. The van der Waals surface area contributed by atoms with E-state index in [1.54, 1.807) is 12.1 Å². The molecule has 0 amide bonds. The lowest BCUT2D eigenvalue weighted by molar-refractivity contribution is 0.477. The monoisotopic (exact) mass is 742 g/mol. The van der Waals surface area contributed by atoms with E-state index in [0.717, 1.165) is 87.6 Å².